The lowest BCUT2D eigenvalue weighted by atomic mass is 9.95. The van der Waals surface area contributed by atoms with E-state index in [-0.39, 0.29) is 0 Å². The first kappa shape index (κ1) is 23.1. The largest absolute Gasteiger partial charge is 0.228 e. The van der Waals surface area contributed by atoms with Gasteiger partial charge in [-0.3, -0.25) is 0 Å². The molecule has 3 heteroatoms. The van der Waals surface area contributed by atoms with E-state index in [0.29, 0.717) is 11.4 Å². The number of nitriles is 1. The van der Waals surface area contributed by atoms with E-state index in [2.05, 4.69) is 66.7 Å². The molecule has 0 amide bonds. The summed E-state index contributed by atoms with van der Waals surface area (Å²) in [6.45, 7) is 0. The lowest BCUT2D eigenvalue weighted by Crippen LogP contribution is -1.97. The maximum atomic E-state index is 9.26. The third-order valence-corrected chi connectivity index (χ3v) is 6.51. The van der Waals surface area contributed by atoms with Gasteiger partial charge >= 0.3 is 0 Å². The van der Waals surface area contributed by atoms with Crippen molar-refractivity contribution in [2.75, 3.05) is 0 Å². The topological polar surface area (TPSA) is 49.6 Å². The lowest BCUT2D eigenvalue weighted by Gasteiger charge is -2.13. The third kappa shape index (κ3) is 4.84. The van der Waals surface area contributed by atoms with Crippen LogP contribution in [0.1, 0.15) is 5.56 Å². The molecule has 178 valence electrons. The van der Waals surface area contributed by atoms with Gasteiger partial charge in [0.2, 0.25) is 0 Å². The zero-order valence-corrected chi connectivity index (χ0v) is 20.6. The summed E-state index contributed by atoms with van der Waals surface area (Å²) in [6, 6.07) is 49.2. The van der Waals surface area contributed by atoms with Gasteiger partial charge in [0.05, 0.1) is 23.0 Å². The molecule has 0 aliphatic carbocycles. The molecule has 5 aromatic carbocycles. The standard InChI is InChI=1S/C35H23N3/c36-24-25-16-18-27(19-17-25)31-20-30(26-10-4-1-5-11-26)21-32(22-31)35-37-33(28-12-6-2-7-13-28)23-34(38-35)29-14-8-3-9-15-29/h1-23H. The highest BCUT2D eigenvalue weighted by atomic mass is 14.9. The van der Waals surface area contributed by atoms with E-state index in [4.69, 9.17) is 9.97 Å². The Bertz CT molecular complexity index is 1680. The monoisotopic (exact) mass is 485 g/mol. The van der Waals surface area contributed by atoms with Crippen molar-refractivity contribution in [1.29, 1.82) is 5.26 Å². The number of rotatable bonds is 5. The van der Waals surface area contributed by atoms with Crippen molar-refractivity contribution >= 4 is 0 Å². The molecule has 0 radical (unpaired) electrons. The smallest absolute Gasteiger partial charge is 0.160 e. The Balaban J connectivity index is 1.57. The predicted octanol–water partition coefficient (Wildman–Crippen LogP) is 8.68. The fourth-order valence-corrected chi connectivity index (χ4v) is 4.55. The van der Waals surface area contributed by atoms with Gasteiger partial charge in [0, 0.05) is 16.7 Å². The SMILES string of the molecule is N#Cc1ccc(-c2cc(-c3ccccc3)cc(-c3nc(-c4ccccc4)cc(-c4ccccc4)n3)c2)cc1. The highest BCUT2D eigenvalue weighted by Crippen LogP contribution is 2.34. The van der Waals surface area contributed by atoms with Gasteiger partial charge in [-0.2, -0.15) is 5.26 Å². The molecule has 38 heavy (non-hydrogen) atoms. The van der Waals surface area contributed by atoms with Crippen molar-refractivity contribution in [3.63, 3.8) is 0 Å². The maximum Gasteiger partial charge on any atom is 0.160 e. The molecule has 0 saturated heterocycles. The van der Waals surface area contributed by atoms with Gasteiger partial charge in [-0.05, 0) is 58.7 Å². The summed E-state index contributed by atoms with van der Waals surface area (Å²) >= 11 is 0. The zero-order valence-electron chi connectivity index (χ0n) is 20.6. The van der Waals surface area contributed by atoms with Crippen LogP contribution in [0.4, 0.5) is 0 Å². The third-order valence-electron chi connectivity index (χ3n) is 6.51. The van der Waals surface area contributed by atoms with Gasteiger partial charge in [-0.15, -0.1) is 0 Å². The first-order chi connectivity index (χ1) is 18.8. The second-order valence-corrected chi connectivity index (χ2v) is 9.05. The second-order valence-electron chi connectivity index (χ2n) is 9.05. The molecule has 0 saturated carbocycles. The summed E-state index contributed by atoms with van der Waals surface area (Å²) in [5, 5.41) is 9.26. The molecule has 6 aromatic rings. The number of benzene rings is 5. The zero-order chi connectivity index (χ0) is 25.7. The molecule has 1 heterocycles. The Morgan fingerprint density at radius 3 is 1.29 bits per heavy atom. The highest BCUT2D eigenvalue weighted by molar-refractivity contribution is 5.81. The first-order valence-corrected chi connectivity index (χ1v) is 12.5. The van der Waals surface area contributed by atoms with Crippen molar-refractivity contribution in [2.24, 2.45) is 0 Å². The molecular formula is C35H23N3. The summed E-state index contributed by atoms with van der Waals surface area (Å²) < 4.78 is 0. The minimum absolute atomic E-state index is 0.639. The predicted molar refractivity (Wildman–Crippen MR) is 154 cm³/mol. The average molecular weight is 486 g/mol. The van der Waals surface area contributed by atoms with E-state index >= 15 is 0 Å². The number of hydrogen-bond donors (Lipinski definition) is 0. The summed E-state index contributed by atoms with van der Waals surface area (Å²) in [5.74, 6) is 0.665. The van der Waals surface area contributed by atoms with E-state index in [0.717, 1.165) is 50.3 Å². The Morgan fingerprint density at radius 1 is 0.395 bits per heavy atom. The molecule has 0 unspecified atom stereocenters. The van der Waals surface area contributed by atoms with E-state index < -0.39 is 0 Å². The van der Waals surface area contributed by atoms with Crippen LogP contribution in [-0.4, -0.2) is 9.97 Å². The van der Waals surface area contributed by atoms with Gasteiger partial charge in [-0.25, -0.2) is 9.97 Å². The molecular weight excluding hydrogens is 462 g/mol. The minimum atomic E-state index is 0.639. The molecule has 1 aromatic heterocycles. The van der Waals surface area contributed by atoms with Crippen LogP contribution in [0.3, 0.4) is 0 Å². The van der Waals surface area contributed by atoms with Crippen LogP contribution in [0.15, 0.2) is 140 Å². The van der Waals surface area contributed by atoms with Crippen molar-refractivity contribution in [3.05, 3.63) is 145 Å². The van der Waals surface area contributed by atoms with Crippen molar-refractivity contribution < 1.29 is 0 Å². The van der Waals surface area contributed by atoms with E-state index in [1.807, 2.05) is 78.9 Å². The van der Waals surface area contributed by atoms with Crippen molar-refractivity contribution in [2.45, 2.75) is 0 Å². The van der Waals surface area contributed by atoms with E-state index in [1.54, 1.807) is 0 Å². The Labute approximate surface area is 222 Å². The summed E-state index contributed by atoms with van der Waals surface area (Å²) in [7, 11) is 0. The van der Waals surface area contributed by atoms with Crippen molar-refractivity contribution in [3.8, 4) is 62.2 Å². The van der Waals surface area contributed by atoms with Crippen molar-refractivity contribution in [1.82, 2.24) is 9.97 Å². The number of hydrogen-bond acceptors (Lipinski definition) is 3. The second kappa shape index (κ2) is 10.3. The van der Waals surface area contributed by atoms with Gasteiger partial charge in [-0.1, -0.05) is 103 Å². The number of nitrogens with zero attached hydrogens (tertiary/aromatic N) is 3. The first-order valence-electron chi connectivity index (χ1n) is 12.5. The van der Waals surface area contributed by atoms with Crippen LogP contribution in [-0.2, 0) is 0 Å². The molecule has 0 aliphatic rings. The average Bonchev–Trinajstić information content (AvgIpc) is 3.02. The van der Waals surface area contributed by atoms with Crippen LogP contribution in [0.25, 0.3) is 56.2 Å². The maximum absolute atomic E-state index is 9.26. The molecule has 3 nitrogen and oxygen atoms in total. The molecule has 0 bridgehead atoms. The lowest BCUT2D eigenvalue weighted by molar-refractivity contribution is 1.18. The Kier molecular flexibility index (Phi) is 6.28. The summed E-state index contributed by atoms with van der Waals surface area (Å²) in [5.41, 5.74) is 9.68. The van der Waals surface area contributed by atoms with Gasteiger partial charge in [0.1, 0.15) is 0 Å². The minimum Gasteiger partial charge on any atom is -0.228 e. The highest BCUT2D eigenvalue weighted by Gasteiger charge is 2.13. The molecule has 0 atom stereocenters. The van der Waals surface area contributed by atoms with Crippen LogP contribution in [0.2, 0.25) is 0 Å². The van der Waals surface area contributed by atoms with Crippen LogP contribution < -0.4 is 0 Å². The molecule has 0 fully saturated rings. The van der Waals surface area contributed by atoms with Crippen LogP contribution in [0, 0.1) is 11.3 Å². The molecule has 6 rings (SSSR count). The quantitative estimate of drug-likeness (QED) is 0.245. The Hall–Kier alpha value is -5.33. The van der Waals surface area contributed by atoms with Gasteiger partial charge < -0.3 is 0 Å². The molecule has 0 spiro atoms. The summed E-state index contributed by atoms with van der Waals surface area (Å²) in [6.07, 6.45) is 0. The fourth-order valence-electron chi connectivity index (χ4n) is 4.55. The van der Waals surface area contributed by atoms with Gasteiger partial charge in [0.25, 0.3) is 0 Å². The van der Waals surface area contributed by atoms with Crippen LogP contribution >= 0.6 is 0 Å². The molecule has 0 N–H and O–H groups in total. The van der Waals surface area contributed by atoms with E-state index in [9.17, 15) is 5.26 Å². The fraction of sp³-hybridized carbons (Fsp3) is 0. The van der Waals surface area contributed by atoms with Gasteiger partial charge in [0.15, 0.2) is 5.82 Å². The normalized spacial score (nSPS) is 10.6. The Morgan fingerprint density at radius 2 is 0.816 bits per heavy atom. The summed E-state index contributed by atoms with van der Waals surface area (Å²) in [4.78, 5) is 10.1. The number of aromatic nitrogens is 2. The molecule has 0 aliphatic heterocycles. The van der Waals surface area contributed by atoms with E-state index in [1.165, 1.54) is 0 Å². The van der Waals surface area contributed by atoms with Crippen LogP contribution in [0.5, 0.6) is 0 Å².